The first-order chi connectivity index (χ1) is 10.1. The summed E-state index contributed by atoms with van der Waals surface area (Å²) in [5.74, 6) is 0. The van der Waals surface area contributed by atoms with Crippen molar-refractivity contribution >= 4 is 34.9 Å². The third-order valence-corrected chi connectivity index (χ3v) is 4.00. The number of carbonyl (C=O) groups is 1. The Balaban J connectivity index is 2.08. The average molecular weight is 328 g/mol. The van der Waals surface area contributed by atoms with Gasteiger partial charge in [0.05, 0.1) is 0 Å². The number of nitrogens with one attached hydrogen (secondary N) is 1. The SMILES string of the molecule is C=CCN(C(=O)Nc1cc(Cl)nc(Cl)c1)C1CCCCC1. The number of hydrogen-bond acceptors (Lipinski definition) is 2. The molecule has 0 unspecified atom stereocenters. The maximum atomic E-state index is 12.5. The molecular weight excluding hydrogens is 309 g/mol. The number of rotatable bonds is 4. The Hall–Kier alpha value is -1.26. The van der Waals surface area contributed by atoms with Crippen LogP contribution in [-0.4, -0.2) is 28.5 Å². The summed E-state index contributed by atoms with van der Waals surface area (Å²) in [5, 5.41) is 3.35. The Morgan fingerprint density at radius 2 is 1.95 bits per heavy atom. The standard InChI is InChI=1S/C15H19Cl2N3O/c1-2-8-20(12-6-4-3-5-7-12)15(21)18-11-9-13(16)19-14(17)10-11/h2,9-10,12H,1,3-8H2,(H,18,19,21). The van der Waals surface area contributed by atoms with Crippen LogP contribution in [0.1, 0.15) is 32.1 Å². The lowest BCUT2D eigenvalue weighted by atomic mass is 9.94. The second-order valence-electron chi connectivity index (χ2n) is 5.16. The molecule has 0 radical (unpaired) electrons. The predicted octanol–water partition coefficient (Wildman–Crippen LogP) is 4.74. The van der Waals surface area contributed by atoms with E-state index < -0.39 is 0 Å². The molecule has 0 spiro atoms. The van der Waals surface area contributed by atoms with Crippen LogP contribution in [0.4, 0.5) is 10.5 Å². The number of urea groups is 1. The number of pyridine rings is 1. The van der Waals surface area contributed by atoms with Crippen LogP contribution in [0, 0.1) is 0 Å². The summed E-state index contributed by atoms with van der Waals surface area (Å²) in [6, 6.07) is 3.28. The van der Waals surface area contributed by atoms with E-state index in [0.29, 0.717) is 12.2 Å². The van der Waals surface area contributed by atoms with Crippen LogP contribution in [0.2, 0.25) is 10.3 Å². The molecule has 0 saturated heterocycles. The molecule has 1 fully saturated rings. The van der Waals surface area contributed by atoms with Crippen LogP contribution >= 0.6 is 23.2 Å². The highest BCUT2D eigenvalue weighted by atomic mass is 35.5. The van der Waals surface area contributed by atoms with E-state index >= 15 is 0 Å². The van der Waals surface area contributed by atoms with Crippen molar-refractivity contribution in [2.24, 2.45) is 0 Å². The first kappa shape index (κ1) is 16.1. The molecule has 1 aromatic rings. The predicted molar refractivity (Wildman–Crippen MR) is 87.1 cm³/mol. The molecule has 1 aromatic heterocycles. The molecule has 21 heavy (non-hydrogen) atoms. The van der Waals surface area contributed by atoms with E-state index in [9.17, 15) is 4.79 Å². The fourth-order valence-corrected chi connectivity index (χ4v) is 3.12. The highest BCUT2D eigenvalue weighted by Crippen LogP contribution is 2.24. The lowest BCUT2D eigenvalue weighted by Gasteiger charge is -2.33. The van der Waals surface area contributed by atoms with Gasteiger partial charge in [-0.1, -0.05) is 48.5 Å². The van der Waals surface area contributed by atoms with E-state index in [-0.39, 0.29) is 22.4 Å². The van der Waals surface area contributed by atoms with Gasteiger partial charge >= 0.3 is 6.03 Å². The Morgan fingerprint density at radius 3 is 2.52 bits per heavy atom. The highest BCUT2D eigenvalue weighted by Gasteiger charge is 2.24. The molecule has 4 nitrogen and oxygen atoms in total. The minimum atomic E-state index is -0.153. The van der Waals surface area contributed by atoms with E-state index in [1.54, 1.807) is 18.2 Å². The van der Waals surface area contributed by atoms with Crippen LogP contribution in [0.5, 0.6) is 0 Å². The number of amides is 2. The quantitative estimate of drug-likeness (QED) is 0.641. The Labute approximate surface area is 135 Å². The van der Waals surface area contributed by atoms with Crippen molar-refractivity contribution in [1.29, 1.82) is 0 Å². The molecule has 0 aliphatic heterocycles. The first-order valence-corrected chi connectivity index (χ1v) is 7.87. The molecule has 2 rings (SSSR count). The largest absolute Gasteiger partial charge is 0.322 e. The van der Waals surface area contributed by atoms with Crippen molar-refractivity contribution in [2.45, 2.75) is 38.1 Å². The van der Waals surface area contributed by atoms with Crippen LogP contribution in [0.25, 0.3) is 0 Å². The average Bonchev–Trinajstić information content (AvgIpc) is 2.44. The Bertz CT molecular complexity index is 495. The molecule has 1 aliphatic rings. The van der Waals surface area contributed by atoms with Gasteiger partial charge < -0.3 is 10.2 Å². The number of carbonyl (C=O) groups excluding carboxylic acids is 1. The van der Waals surface area contributed by atoms with Crippen LogP contribution in [0.15, 0.2) is 24.8 Å². The summed E-state index contributed by atoms with van der Waals surface area (Å²) >= 11 is 11.7. The van der Waals surface area contributed by atoms with E-state index in [1.165, 1.54) is 19.3 Å². The number of nitrogens with zero attached hydrogens (tertiary/aromatic N) is 2. The zero-order valence-corrected chi connectivity index (χ0v) is 13.3. The summed E-state index contributed by atoms with van der Waals surface area (Å²) < 4.78 is 0. The molecule has 0 aromatic carbocycles. The van der Waals surface area contributed by atoms with Gasteiger partial charge in [-0.05, 0) is 25.0 Å². The molecule has 1 saturated carbocycles. The lowest BCUT2D eigenvalue weighted by Crippen LogP contribution is -2.43. The normalized spacial score (nSPS) is 15.5. The molecule has 0 atom stereocenters. The van der Waals surface area contributed by atoms with E-state index in [2.05, 4.69) is 16.9 Å². The summed E-state index contributed by atoms with van der Waals surface area (Å²) in [4.78, 5) is 18.2. The van der Waals surface area contributed by atoms with Gasteiger partial charge in [0.2, 0.25) is 0 Å². The molecule has 114 valence electrons. The van der Waals surface area contributed by atoms with Gasteiger partial charge in [0.25, 0.3) is 0 Å². The van der Waals surface area contributed by atoms with Gasteiger partial charge in [0.1, 0.15) is 10.3 Å². The number of aromatic nitrogens is 1. The van der Waals surface area contributed by atoms with Crippen molar-refractivity contribution in [3.05, 3.63) is 35.1 Å². The maximum Gasteiger partial charge on any atom is 0.322 e. The Morgan fingerprint density at radius 1 is 1.33 bits per heavy atom. The second kappa shape index (κ2) is 7.66. The second-order valence-corrected chi connectivity index (χ2v) is 5.94. The molecule has 1 N–H and O–H groups in total. The maximum absolute atomic E-state index is 12.5. The third kappa shape index (κ3) is 4.61. The summed E-state index contributed by atoms with van der Waals surface area (Å²) in [6.45, 7) is 4.27. The summed E-state index contributed by atoms with van der Waals surface area (Å²) in [7, 11) is 0. The topological polar surface area (TPSA) is 45.2 Å². The van der Waals surface area contributed by atoms with Crippen molar-refractivity contribution in [3.8, 4) is 0 Å². The lowest BCUT2D eigenvalue weighted by molar-refractivity contribution is 0.176. The van der Waals surface area contributed by atoms with Gasteiger partial charge in [0.15, 0.2) is 0 Å². The van der Waals surface area contributed by atoms with Crippen LogP contribution in [-0.2, 0) is 0 Å². The molecule has 6 heteroatoms. The van der Waals surface area contributed by atoms with Crippen molar-refractivity contribution in [3.63, 3.8) is 0 Å². The van der Waals surface area contributed by atoms with Crippen molar-refractivity contribution in [1.82, 2.24) is 9.88 Å². The smallest absolute Gasteiger partial charge is 0.318 e. The zero-order chi connectivity index (χ0) is 15.2. The molecule has 2 amide bonds. The Kier molecular flexibility index (Phi) is 5.88. The van der Waals surface area contributed by atoms with Crippen LogP contribution in [0.3, 0.4) is 0 Å². The van der Waals surface area contributed by atoms with Gasteiger partial charge in [-0.25, -0.2) is 9.78 Å². The number of halogens is 2. The van der Waals surface area contributed by atoms with Gasteiger partial charge in [0, 0.05) is 18.3 Å². The third-order valence-electron chi connectivity index (χ3n) is 3.62. The summed E-state index contributed by atoms with van der Waals surface area (Å²) in [5.41, 5.74) is 0.551. The summed E-state index contributed by atoms with van der Waals surface area (Å²) in [6.07, 6.45) is 7.41. The minimum absolute atomic E-state index is 0.153. The molecule has 1 heterocycles. The fraction of sp³-hybridized carbons (Fsp3) is 0.467. The monoisotopic (exact) mass is 327 g/mol. The number of hydrogen-bond donors (Lipinski definition) is 1. The number of anilines is 1. The van der Waals surface area contributed by atoms with Gasteiger partial charge in [-0.15, -0.1) is 6.58 Å². The highest BCUT2D eigenvalue weighted by molar-refractivity contribution is 6.32. The van der Waals surface area contributed by atoms with Gasteiger partial charge in [-0.2, -0.15) is 0 Å². The molecular formula is C15H19Cl2N3O. The van der Waals surface area contributed by atoms with Gasteiger partial charge in [-0.3, -0.25) is 0 Å². The van der Waals surface area contributed by atoms with Crippen molar-refractivity contribution < 1.29 is 4.79 Å². The van der Waals surface area contributed by atoms with Crippen molar-refractivity contribution in [2.75, 3.05) is 11.9 Å². The molecule has 0 bridgehead atoms. The van der Waals surface area contributed by atoms with E-state index in [4.69, 9.17) is 23.2 Å². The minimum Gasteiger partial charge on any atom is -0.318 e. The van der Waals surface area contributed by atoms with E-state index in [1.807, 2.05) is 4.90 Å². The van der Waals surface area contributed by atoms with Crippen LogP contribution < -0.4 is 5.32 Å². The molecule has 1 aliphatic carbocycles. The fourth-order valence-electron chi connectivity index (χ4n) is 2.66. The van der Waals surface area contributed by atoms with E-state index in [0.717, 1.165) is 12.8 Å². The zero-order valence-electron chi connectivity index (χ0n) is 11.8. The first-order valence-electron chi connectivity index (χ1n) is 7.12.